The first kappa shape index (κ1) is 11.3. The minimum Gasteiger partial charge on any atom is -0.347 e. The first-order chi connectivity index (χ1) is 5.37. The zero-order chi connectivity index (χ0) is 9.78. The summed E-state index contributed by atoms with van der Waals surface area (Å²) in [5.41, 5.74) is 0. The number of alkyl halides is 3. The number of carbonyl (C=O) groups is 1. The summed E-state index contributed by atoms with van der Waals surface area (Å²) < 4.78 is 34.7. The van der Waals surface area contributed by atoms with Crippen LogP contribution in [0, 0.1) is 5.92 Å². The van der Waals surface area contributed by atoms with Crippen molar-refractivity contribution in [3.8, 4) is 0 Å². The molecule has 0 radical (unpaired) electrons. The molecule has 0 saturated carbocycles. The average molecular weight is 183 g/mol. The highest BCUT2D eigenvalue weighted by molar-refractivity contribution is 5.78. The van der Waals surface area contributed by atoms with Gasteiger partial charge in [-0.3, -0.25) is 4.79 Å². The van der Waals surface area contributed by atoms with E-state index in [1.54, 1.807) is 13.8 Å². The average Bonchev–Trinajstić information content (AvgIpc) is 1.97. The molecule has 0 heterocycles. The number of carbonyl (C=O) groups excluding carboxylic acids is 1. The van der Waals surface area contributed by atoms with Crippen molar-refractivity contribution < 1.29 is 18.0 Å². The molecule has 1 N–H and O–H groups in total. The highest BCUT2D eigenvalue weighted by Gasteiger charge is 2.28. The summed E-state index contributed by atoms with van der Waals surface area (Å²) in [6.07, 6.45) is -3.77. The fourth-order valence-electron chi connectivity index (χ4n) is 0.547. The maximum atomic E-state index is 11.6. The van der Waals surface area contributed by atoms with Gasteiger partial charge in [-0.2, -0.15) is 13.2 Å². The Morgan fingerprint density at radius 2 is 2.00 bits per heavy atom. The lowest BCUT2D eigenvalue weighted by atomic mass is 10.1. The molecule has 0 spiro atoms. The Labute approximate surface area is 69.1 Å². The highest BCUT2D eigenvalue weighted by atomic mass is 19.4. The lowest BCUT2D eigenvalue weighted by Crippen LogP contribution is -2.36. The Morgan fingerprint density at radius 3 is 2.33 bits per heavy atom. The normalized spacial score (nSPS) is 14.1. The van der Waals surface area contributed by atoms with Gasteiger partial charge in [-0.1, -0.05) is 13.8 Å². The number of hydrogen-bond acceptors (Lipinski definition) is 1. The predicted octanol–water partition coefficient (Wildman–Crippen LogP) is 1.71. The van der Waals surface area contributed by atoms with E-state index in [0.29, 0.717) is 6.42 Å². The lowest BCUT2D eigenvalue weighted by Gasteiger charge is -2.11. The molecular weight excluding hydrogens is 171 g/mol. The molecule has 12 heavy (non-hydrogen) atoms. The predicted molar refractivity (Wildman–Crippen MR) is 38.5 cm³/mol. The van der Waals surface area contributed by atoms with E-state index in [9.17, 15) is 18.0 Å². The smallest absolute Gasteiger partial charge is 0.347 e. The van der Waals surface area contributed by atoms with Gasteiger partial charge in [-0.05, 0) is 6.42 Å². The van der Waals surface area contributed by atoms with Gasteiger partial charge >= 0.3 is 6.18 Å². The largest absolute Gasteiger partial charge is 0.405 e. The molecule has 0 aromatic rings. The van der Waals surface area contributed by atoms with Crippen LogP contribution in [-0.2, 0) is 4.79 Å². The number of hydrogen-bond donors (Lipinski definition) is 1. The number of rotatable bonds is 3. The first-order valence-corrected chi connectivity index (χ1v) is 3.71. The van der Waals surface area contributed by atoms with Gasteiger partial charge in [-0.25, -0.2) is 0 Å². The van der Waals surface area contributed by atoms with E-state index in [1.165, 1.54) is 0 Å². The maximum absolute atomic E-state index is 11.6. The molecule has 0 aliphatic rings. The van der Waals surface area contributed by atoms with Crippen molar-refractivity contribution in [3.63, 3.8) is 0 Å². The number of halogens is 3. The van der Waals surface area contributed by atoms with Gasteiger partial charge in [0.15, 0.2) is 0 Å². The van der Waals surface area contributed by atoms with E-state index in [-0.39, 0.29) is 5.92 Å². The first-order valence-electron chi connectivity index (χ1n) is 3.71. The summed E-state index contributed by atoms with van der Waals surface area (Å²) in [5, 5.41) is 1.81. The summed E-state index contributed by atoms with van der Waals surface area (Å²) in [5.74, 6) is -0.901. The molecule has 0 aliphatic heterocycles. The Morgan fingerprint density at radius 1 is 1.50 bits per heavy atom. The molecule has 0 unspecified atom stereocenters. The summed E-state index contributed by atoms with van der Waals surface area (Å²) in [7, 11) is 0. The molecule has 0 aromatic heterocycles. The molecule has 0 bridgehead atoms. The fraction of sp³-hybridized carbons (Fsp3) is 0.857. The molecule has 0 aliphatic carbocycles. The molecule has 0 rings (SSSR count). The van der Waals surface area contributed by atoms with Gasteiger partial charge < -0.3 is 5.32 Å². The summed E-state index contributed by atoms with van der Waals surface area (Å²) >= 11 is 0. The zero-order valence-electron chi connectivity index (χ0n) is 7.03. The van der Waals surface area contributed by atoms with Gasteiger partial charge in [0, 0.05) is 5.92 Å². The van der Waals surface area contributed by atoms with Crippen molar-refractivity contribution in [2.45, 2.75) is 26.4 Å². The third-order valence-corrected chi connectivity index (χ3v) is 1.52. The number of nitrogens with one attached hydrogen (secondary N) is 1. The molecule has 1 atom stereocenters. The molecule has 0 saturated heterocycles. The highest BCUT2D eigenvalue weighted by Crippen LogP contribution is 2.12. The van der Waals surface area contributed by atoms with Gasteiger partial charge in [0.2, 0.25) is 5.91 Å². The lowest BCUT2D eigenvalue weighted by molar-refractivity contribution is -0.140. The van der Waals surface area contributed by atoms with Crippen LogP contribution in [0.3, 0.4) is 0 Å². The molecule has 0 fully saturated rings. The molecule has 0 aromatic carbocycles. The van der Waals surface area contributed by atoms with Crippen LogP contribution in [-0.4, -0.2) is 18.6 Å². The number of amides is 1. The quantitative estimate of drug-likeness (QED) is 0.709. The van der Waals surface area contributed by atoms with E-state index >= 15 is 0 Å². The van der Waals surface area contributed by atoms with Crippen LogP contribution >= 0.6 is 0 Å². The summed E-state index contributed by atoms with van der Waals surface area (Å²) in [4.78, 5) is 10.8. The van der Waals surface area contributed by atoms with Crippen molar-refractivity contribution in [2.24, 2.45) is 5.92 Å². The maximum Gasteiger partial charge on any atom is 0.405 e. The van der Waals surface area contributed by atoms with Crippen LogP contribution in [0.5, 0.6) is 0 Å². The van der Waals surface area contributed by atoms with Crippen molar-refractivity contribution in [3.05, 3.63) is 0 Å². The minimum absolute atomic E-state index is 0.354. The Hall–Kier alpha value is -0.740. The van der Waals surface area contributed by atoms with Crippen LogP contribution in [0.1, 0.15) is 20.3 Å². The van der Waals surface area contributed by atoms with Crippen molar-refractivity contribution >= 4 is 5.91 Å². The van der Waals surface area contributed by atoms with Crippen LogP contribution in [0.2, 0.25) is 0 Å². The summed E-state index contributed by atoms with van der Waals surface area (Å²) in [6, 6.07) is 0. The van der Waals surface area contributed by atoms with E-state index in [4.69, 9.17) is 0 Å². The molecule has 2 nitrogen and oxygen atoms in total. The van der Waals surface area contributed by atoms with E-state index in [2.05, 4.69) is 0 Å². The second-order valence-corrected chi connectivity index (χ2v) is 2.64. The Kier molecular flexibility index (Phi) is 4.06. The van der Waals surface area contributed by atoms with Crippen molar-refractivity contribution in [1.82, 2.24) is 5.32 Å². The fourth-order valence-corrected chi connectivity index (χ4v) is 0.547. The SMILES string of the molecule is CC[C@H](C)C(=O)NCC(F)(F)F. The van der Waals surface area contributed by atoms with E-state index in [1.807, 2.05) is 5.32 Å². The van der Waals surface area contributed by atoms with Crippen LogP contribution in [0.15, 0.2) is 0 Å². The van der Waals surface area contributed by atoms with Crippen LogP contribution in [0.25, 0.3) is 0 Å². The van der Waals surface area contributed by atoms with E-state index in [0.717, 1.165) is 0 Å². The summed E-state index contributed by atoms with van der Waals surface area (Å²) in [6.45, 7) is 2.10. The molecular formula is C7H12F3NO. The van der Waals surface area contributed by atoms with Gasteiger partial charge in [-0.15, -0.1) is 0 Å². The molecule has 5 heteroatoms. The van der Waals surface area contributed by atoms with Gasteiger partial charge in [0.25, 0.3) is 0 Å². The minimum atomic E-state index is -4.32. The van der Waals surface area contributed by atoms with Gasteiger partial charge in [0.05, 0.1) is 0 Å². The van der Waals surface area contributed by atoms with Gasteiger partial charge in [0.1, 0.15) is 6.54 Å². The Balaban J connectivity index is 3.72. The van der Waals surface area contributed by atoms with Crippen molar-refractivity contribution in [1.29, 1.82) is 0 Å². The van der Waals surface area contributed by atoms with E-state index < -0.39 is 18.6 Å². The third-order valence-electron chi connectivity index (χ3n) is 1.52. The topological polar surface area (TPSA) is 29.1 Å². The molecule has 72 valence electrons. The zero-order valence-corrected chi connectivity index (χ0v) is 7.03. The second-order valence-electron chi connectivity index (χ2n) is 2.64. The Bertz CT molecular complexity index is 155. The standard InChI is InChI=1S/C7H12F3NO/c1-3-5(2)6(12)11-4-7(8,9)10/h5H,3-4H2,1-2H3,(H,11,12)/t5-/m0/s1. The third kappa shape index (κ3) is 4.98. The van der Waals surface area contributed by atoms with Crippen LogP contribution in [0.4, 0.5) is 13.2 Å². The van der Waals surface area contributed by atoms with Crippen molar-refractivity contribution in [2.75, 3.05) is 6.54 Å². The van der Waals surface area contributed by atoms with Crippen LogP contribution < -0.4 is 5.32 Å². The monoisotopic (exact) mass is 183 g/mol. The molecule has 1 amide bonds. The second kappa shape index (κ2) is 4.33.